The molecule has 3 heteroatoms. The molecule has 2 N–H and O–H groups in total. The van der Waals surface area contributed by atoms with Gasteiger partial charge in [-0.05, 0) is 18.6 Å². The van der Waals surface area contributed by atoms with E-state index in [2.05, 4.69) is 23.4 Å². The third kappa shape index (κ3) is 8.62. The number of hydrogen-bond acceptors (Lipinski definition) is 2. The molecule has 0 aromatic carbocycles. The molecule has 0 aromatic heterocycles. The fraction of sp³-hybridized carbons (Fsp3) is 0.250. The van der Waals surface area contributed by atoms with Crippen LogP contribution in [0.25, 0.3) is 0 Å². The van der Waals surface area contributed by atoms with Gasteiger partial charge in [0.1, 0.15) is 0 Å². The molecule has 0 atom stereocenters. The summed E-state index contributed by atoms with van der Waals surface area (Å²) in [5.74, 6) is -0.481. The molecule has 0 spiro atoms. The minimum atomic E-state index is -0.481. The Hall–Kier alpha value is -1.38. The van der Waals surface area contributed by atoms with E-state index in [9.17, 15) is 4.79 Å². The number of hydrogen-bond donors (Lipinski definition) is 1. The monoisotopic (exact) mass is 152 g/mol. The highest BCUT2D eigenvalue weighted by atomic mass is 16.1. The van der Waals surface area contributed by atoms with Gasteiger partial charge in [-0.25, -0.2) is 0 Å². The third-order valence-electron chi connectivity index (χ3n) is 0.954. The van der Waals surface area contributed by atoms with Gasteiger partial charge >= 0.3 is 0 Å². The number of dihydropyridines is 1. The second-order valence-corrected chi connectivity index (χ2v) is 1.88. The molecule has 11 heavy (non-hydrogen) atoms. The Labute approximate surface area is 66.3 Å². The largest absolute Gasteiger partial charge is 0.366 e. The van der Waals surface area contributed by atoms with Gasteiger partial charge in [0.2, 0.25) is 5.91 Å². The zero-order chi connectivity index (χ0) is 8.53. The maximum atomic E-state index is 9.47. The number of amides is 1. The van der Waals surface area contributed by atoms with Crippen molar-refractivity contribution in [3.05, 3.63) is 24.8 Å². The molecule has 60 valence electrons. The summed E-state index contributed by atoms with van der Waals surface area (Å²) in [5, 5.41) is 0. The lowest BCUT2D eigenvalue weighted by atomic mass is 10.3. The van der Waals surface area contributed by atoms with Gasteiger partial charge in [0.25, 0.3) is 0 Å². The molecular weight excluding hydrogens is 140 g/mol. The van der Waals surface area contributed by atoms with E-state index in [0.717, 1.165) is 19.0 Å². The molecule has 0 aromatic rings. The second-order valence-electron chi connectivity index (χ2n) is 1.88. The molecule has 1 rings (SSSR count). The molecule has 1 aliphatic rings. The summed E-state index contributed by atoms with van der Waals surface area (Å²) >= 11 is 0. The summed E-state index contributed by atoms with van der Waals surface area (Å²) in [4.78, 5) is 13.4. The van der Waals surface area contributed by atoms with E-state index in [1.54, 1.807) is 0 Å². The van der Waals surface area contributed by atoms with Crippen LogP contribution in [0.5, 0.6) is 0 Å². The van der Waals surface area contributed by atoms with E-state index in [1.165, 1.54) is 0 Å². The Balaban J connectivity index is 0.000000187. The van der Waals surface area contributed by atoms with E-state index in [0.29, 0.717) is 0 Å². The van der Waals surface area contributed by atoms with Gasteiger partial charge < -0.3 is 5.73 Å². The summed E-state index contributed by atoms with van der Waals surface area (Å²) in [6.45, 7) is 4.07. The van der Waals surface area contributed by atoms with Gasteiger partial charge in [-0.3, -0.25) is 9.79 Å². The van der Waals surface area contributed by atoms with Crippen molar-refractivity contribution in [3.63, 3.8) is 0 Å². The van der Waals surface area contributed by atoms with Crippen molar-refractivity contribution in [2.75, 3.05) is 6.54 Å². The molecule has 0 aliphatic carbocycles. The standard InChI is InChI=1S/C5H7N.C3H5NO/c1-2-4-6-5-3-1;1-2-3(4)5/h1-2,4H,3,5H2;2H,1H2,(H2,4,5). The average molecular weight is 152 g/mol. The van der Waals surface area contributed by atoms with E-state index >= 15 is 0 Å². The van der Waals surface area contributed by atoms with Crippen molar-refractivity contribution in [1.29, 1.82) is 0 Å². The zero-order valence-corrected chi connectivity index (χ0v) is 6.36. The van der Waals surface area contributed by atoms with Crippen LogP contribution in [0.1, 0.15) is 6.42 Å². The highest BCUT2D eigenvalue weighted by Gasteiger charge is 1.78. The number of nitrogens with two attached hydrogens (primary N) is 1. The minimum Gasteiger partial charge on any atom is -0.366 e. The van der Waals surface area contributed by atoms with Crippen LogP contribution in [-0.2, 0) is 4.79 Å². The summed E-state index contributed by atoms with van der Waals surface area (Å²) in [7, 11) is 0. The smallest absolute Gasteiger partial charge is 0.240 e. The number of carbonyl (C=O) groups excluding carboxylic acids is 1. The number of primary amides is 1. The maximum Gasteiger partial charge on any atom is 0.240 e. The van der Waals surface area contributed by atoms with Crippen LogP contribution in [0.15, 0.2) is 29.8 Å². The van der Waals surface area contributed by atoms with Gasteiger partial charge in [-0.2, -0.15) is 0 Å². The fourth-order valence-electron chi connectivity index (χ4n) is 0.442. The van der Waals surface area contributed by atoms with Crippen LogP contribution < -0.4 is 5.73 Å². The number of carbonyl (C=O) groups is 1. The van der Waals surface area contributed by atoms with Crippen LogP contribution in [0, 0.1) is 0 Å². The SMILES string of the molecule is C1=CCCN=C1.C=CC(N)=O. The number of rotatable bonds is 1. The predicted molar refractivity (Wildman–Crippen MR) is 46.5 cm³/mol. The molecule has 1 amide bonds. The minimum absolute atomic E-state index is 0.481. The Morgan fingerprint density at radius 1 is 1.73 bits per heavy atom. The lowest BCUT2D eigenvalue weighted by Gasteiger charge is -1.88. The Morgan fingerprint density at radius 2 is 2.36 bits per heavy atom. The second kappa shape index (κ2) is 6.74. The molecule has 0 bridgehead atoms. The molecule has 0 unspecified atom stereocenters. The molecule has 1 aliphatic heterocycles. The Bertz CT molecular complexity index is 171. The normalized spacial score (nSPS) is 13.1. The first kappa shape index (κ1) is 9.62. The first-order chi connectivity index (χ1) is 5.27. The van der Waals surface area contributed by atoms with E-state index in [-0.39, 0.29) is 0 Å². The van der Waals surface area contributed by atoms with Gasteiger partial charge in [-0.15, -0.1) is 0 Å². The first-order valence-corrected chi connectivity index (χ1v) is 3.34. The summed E-state index contributed by atoms with van der Waals surface area (Å²) in [5.41, 5.74) is 4.53. The number of nitrogens with zero attached hydrogens (tertiary/aromatic N) is 1. The highest BCUT2D eigenvalue weighted by Crippen LogP contribution is 1.87. The molecule has 3 nitrogen and oxygen atoms in total. The van der Waals surface area contributed by atoms with Crippen LogP contribution in [0.3, 0.4) is 0 Å². The lowest BCUT2D eigenvalue weighted by Crippen LogP contribution is -2.04. The molecule has 0 radical (unpaired) electrons. The van der Waals surface area contributed by atoms with E-state index < -0.39 is 5.91 Å². The average Bonchev–Trinajstić information content (AvgIpc) is 2.09. The summed E-state index contributed by atoms with van der Waals surface area (Å²) in [6, 6.07) is 0. The topological polar surface area (TPSA) is 55.4 Å². The van der Waals surface area contributed by atoms with Crippen LogP contribution in [0.2, 0.25) is 0 Å². The van der Waals surface area contributed by atoms with Gasteiger partial charge in [0.15, 0.2) is 0 Å². The van der Waals surface area contributed by atoms with Crippen molar-refractivity contribution < 1.29 is 4.79 Å². The lowest BCUT2D eigenvalue weighted by molar-refractivity contribution is -0.113. The van der Waals surface area contributed by atoms with Crippen LogP contribution in [-0.4, -0.2) is 18.7 Å². The summed E-state index contributed by atoms with van der Waals surface area (Å²) in [6.07, 6.45) is 8.11. The summed E-state index contributed by atoms with van der Waals surface area (Å²) < 4.78 is 0. The Kier molecular flexibility index (Phi) is 5.89. The molecule has 0 saturated carbocycles. The van der Waals surface area contributed by atoms with Crippen molar-refractivity contribution >= 4 is 12.1 Å². The van der Waals surface area contributed by atoms with Gasteiger partial charge in [0.05, 0.1) is 0 Å². The zero-order valence-electron chi connectivity index (χ0n) is 6.36. The van der Waals surface area contributed by atoms with Crippen LogP contribution in [0.4, 0.5) is 0 Å². The molecular formula is C8H12N2O. The van der Waals surface area contributed by atoms with Gasteiger partial charge in [-0.1, -0.05) is 12.7 Å². The highest BCUT2D eigenvalue weighted by molar-refractivity contribution is 5.84. The van der Waals surface area contributed by atoms with Crippen molar-refractivity contribution in [1.82, 2.24) is 0 Å². The van der Waals surface area contributed by atoms with Crippen molar-refractivity contribution in [3.8, 4) is 0 Å². The number of allylic oxidation sites excluding steroid dienone is 1. The van der Waals surface area contributed by atoms with E-state index in [1.807, 2.05) is 12.3 Å². The third-order valence-corrected chi connectivity index (χ3v) is 0.954. The van der Waals surface area contributed by atoms with Crippen molar-refractivity contribution in [2.24, 2.45) is 10.7 Å². The number of aliphatic imine (C=N–C) groups is 1. The Morgan fingerprint density at radius 3 is 2.45 bits per heavy atom. The predicted octanol–water partition coefficient (Wildman–Crippen LogP) is 0.675. The van der Waals surface area contributed by atoms with Crippen LogP contribution >= 0.6 is 0 Å². The fourth-order valence-corrected chi connectivity index (χ4v) is 0.442. The first-order valence-electron chi connectivity index (χ1n) is 3.34. The molecule has 0 fully saturated rings. The van der Waals surface area contributed by atoms with Gasteiger partial charge in [0, 0.05) is 12.8 Å². The molecule has 1 heterocycles. The van der Waals surface area contributed by atoms with Crippen molar-refractivity contribution in [2.45, 2.75) is 6.42 Å². The maximum absolute atomic E-state index is 9.47. The molecule has 0 saturated heterocycles. The quantitative estimate of drug-likeness (QED) is 0.552. The van der Waals surface area contributed by atoms with E-state index in [4.69, 9.17) is 0 Å².